The number of anilines is 1. The zero-order valence-corrected chi connectivity index (χ0v) is 15.9. The Morgan fingerprint density at radius 2 is 2.08 bits per heavy atom. The molecule has 1 aliphatic heterocycles. The number of allylic oxidation sites excluding steroid dienone is 1. The standard InChI is InChI=1S/C19H22N4O2S/c1-4-10-23-13(3)16(18(24)20-15-11-12(2)25-22-15)17(21-19(23)26)14-8-6-5-7-9-14/h5-9,11,17H,4,10H2,1-3H3,(H,21,26)(H,20,22,24)/t17-/m0/s1. The van der Waals surface area contributed by atoms with Gasteiger partial charge in [0.05, 0.1) is 11.6 Å². The third-order valence-corrected chi connectivity index (χ3v) is 4.63. The van der Waals surface area contributed by atoms with Crippen molar-refractivity contribution in [1.82, 2.24) is 15.4 Å². The van der Waals surface area contributed by atoms with Gasteiger partial charge in [-0.1, -0.05) is 42.4 Å². The maximum absolute atomic E-state index is 13.1. The van der Waals surface area contributed by atoms with Crippen molar-refractivity contribution in [3.63, 3.8) is 0 Å². The number of carbonyl (C=O) groups is 1. The molecule has 7 heteroatoms. The Balaban J connectivity index is 2.00. The van der Waals surface area contributed by atoms with Gasteiger partial charge in [-0.05, 0) is 38.0 Å². The molecule has 0 unspecified atom stereocenters. The Morgan fingerprint density at radius 3 is 2.69 bits per heavy atom. The van der Waals surface area contributed by atoms with E-state index in [0.717, 1.165) is 24.2 Å². The van der Waals surface area contributed by atoms with Crippen LogP contribution in [0.3, 0.4) is 0 Å². The number of carbonyl (C=O) groups excluding carboxylic acids is 1. The van der Waals surface area contributed by atoms with E-state index in [1.54, 1.807) is 13.0 Å². The second-order valence-corrected chi connectivity index (χ2v) is 6.61. The highest BCUT2D eigenvalue weighted by Gasteiger charge is 2.33. The fraction of sp³-hybridized carbons (Fsp3) is 0.316. The highest BCUT2D eigenvalue weighted by atomic mass is 32.1. The van der Waals surface area contributed by atoms with Crippen LogP contribution in [0.25, 0.3) is 0 Å². The van der Waals surface area contributed by atoms with Crippen LogP contribution in [0.5, 0.6) is 0 Å². The molecule has 1 amide bonds. The molecule has 2 heterocycles. The number of amides is 1. The number of thiocarbonyl (C=S) groups is 1. The largest absolute Gasteiger partial charge is 0.360 e. The highest BCUT2D eigenvalue weighted by molar-refractivity contribution is 7.80. The van der Waals surface area contributed by atoms with Crippen molar-refractivity contribution >= 4 is 29.1 Å². The second-order valence-electron chi connectivity index (χ2n) is 6.22. The Labute approximate surface area is 158 Å². The van der Waals surface area contributed by atoms with Crippen molar-refractivity contribution in [1.29, 1.82) is 0 Å². The molecule has 1 aromatic carbocycles. The van der Waals surface area contributed by atoms with Gasteiger partial charge < -0.3 is 20.1 Å². The third kappa shape index (κ3) is 3.62. The molecule has 1 aliphatic rings. The SMILES string of the molecule is CCCN1C(=S)N[C@@H](c2ccccc2)C(C(=O)Nc2cc(C)on2)=C1C. The smallest absolute Gasteiger partial charge is 0.257 e. The minimum Gasteiger partial charge on any atom is -0.360 e. The van der Waals surface area contributed by atoms with Gasteiger partial charge in [-0.2, -0.15) is 0 Å². The summed E-state index contributed by atoms with van der Waals surface area (Å²) in [6.45, 7) is 6.54. The lowest BCUT2D eigenvalue weighted by atomic mass is 9.94. The van der Waals surface area contributed by atoms with Crippen LogP contribution in [0, 0.1) is 6.92 Å². The lowest BCUT2D eigenvalue weighted by Crippen LogP contribution is -2.48. The molecule has 6 nitrogen and oxygen atoms in total. The monoisotopic (exact) mass is 370 g/mol. The van der Waals surface area contributed by atoms with Gasteiger partial charge in [0, 0.05) is 18.3 Å². The first kappa shape index (κ1) is 18.1. The molecule has 136 valence electrons. The molecule has 1 aromatic heterocycles. The highest BCUT2D eigenvalue weighted by Crippen LogP contribution is 2.31. The summed E-state index contributed by atoms with van der Waals surface area (Å²) < 4.78 is 5.04. The van der Waals surface area contributed by atoms with Crippen LogP contribution in [0.2, 0.25) is 0 Å². The number of nitrogens with one attached hydrogen (secondary N) is 2. The summed E-state index contributed by atoms with van der Waals surface area (Å²) in [7, 11) is 0. The summed E-state index contributed by atoms with van der Waals surface area (Å²) in [5, 5.41) is 10.6. The number of rotatable bonds is 5. The summed E-state index contributed by atoms with van der Waals surface area (Å²) in [5.74, 6) is 0.816. The Kier molecular flexibility index (Phi) is 5.37. The average Bonchev–Trinajstić information content (AvgIpc) is 3.03. The van der Waals surface area contributed by atoms with Crippen LogP contribution in [-0.2, 0) is 4.79 Å². The Hall–Kier alpha value is -2.67. The van der Waals surface area contributed by atoms with Crippen LogP contribution >= 0.6 is 12.2 Å². The molecule has 2 aromatic rings. The maximum Gasteiger partial charge on any atom is 0.257 e. The van der Waals surface area contributed by atoms with E-state index >= 15 is 0 Å². The zero-order chi connectivity index (χ0) is 18.7. The predicted octanol–water partition coefficient (Wildman–Crippen LogP) is 3.54. The first-order valence-corrected chi connectivity index (χ1v) is 9.00. The van der Waals surface area contributed by atoms with Gasteiger partial charge in [0.25, 0.3) is 5.91 Å². The first-order chi connectivity index (χ1) is 12.5. The third-order valence-electron chi connectivity index (χ3n) is 4.29. The normalized spacial score (nSPS) is 17.3. The molecule has 0 bridgehead atoms. The minimum atomic E-state index is -0.315. The lowest BCUT2D eigenvalue weighted by molar-refractivity contribution is -0.113. The van der Waals surface area contributed by atoms with Gasteiger partial charge in [-0.15, -0.1) is 0 Å². The summed E-state index contributed by atoms with van der Waals surface area (Å²) in [6, 6.07) is 11.2. The molecule has 0 aliphatic carbocycles. The van der Waals surface area contributed by atoms with Gasteiger partial charge in [0.2, 0.25) is 0 Å². The van der Waals surface area contributed by atoms with E-state index in [1.807, 2.05) is 42.2 Å². The molecule has 0 saturated heterocycles. The minimum absolute atomic E-state index is 0.222. The van der Waals surface area contributed by atoms with Gasteiger partial charge in [0.1, 0.15) is 5.76 Å². The maximum atomic E-state index is 13.1. The number of hydrogen-bond donors (Lipinski definition) is 2. The van der Waals surface area contributed by atoms with Crippen molar-refractivity contribution < 1.29 is 9.32 Å². The number of nitrogens with zero attached hydrogens (tertiary/aromatic N) is 2. The number of aryl methyl sites for hydroxylation is 1. The van der Waals surface area contributed by atoms with E-state index in [-0.39, 0.29) is 11.9 Å². The number of hydrogen-bond acceptors (Lipinski definition) is 4. The summed E-state index contributed by atoms with van der Waals surface area (Å²) in [6.07, 6.45) is 0.923. The van der Waals surface area contributed by atoms with E-state index in [4.69, 9.17) is 16.7 Å². The molecular formula is C19H22N4O2S. The molecule has 0 radical (unpaired) electrons. The van der Waals surface area contributed by atoms with Crippen molar-refractivity contribution in [2.24, 2.45) is 0 Å². The fourth-order valence-electron chi connectivity index (χ4n) is 3.07. The van der Waals surface area contributed by atoms with Gasteiger partial charge >= 0.3 is 0 Å². The van der Waals surface area contributed by atoms with E-state index in [1.165, 1.54) is 0 Å². The first-order valence-electron chi connectivity index (χ1n) is 8.59. The summed E-state index contributed by atoms with van der Waals surface area (Å²) in [4.78, 5) is 15.0. The van der Waals surface area contributed by atoms with Gasteiger partial charge in [-0.3, -0.25) is 4.79 Å². The van der Waals surface area contributed by atoms with E-state index < -0.39 is 0 Å². The summed E-state index contributed by atoms with van der Waals surface area (Å²) >= 11 is 5.54. The quantitative estimate of drug-likeness (QED) is 0.785. The molecule has 0 spiro atoms. The second kappa shape index (κ2) is 7.70. The van der Waals surface area contributed by atoms with Crippen molar-refractivity contribution in [3.8, 4) is 0 Å². The Bertz CT molecular complexity index is 844. The van der Waals surface area contributed by atoms with E-state index in [9.17, 15) is 4.79 Å². The zero-order valence-electron chi connectivity index (χ0n) is 15.1. The molecule has 0 fully saturated rings. The average molecular weight is 370 g/mol. The molecule has 1 atom stereocenters. The van der Waals surface area contributed by atoms with Crippen LogP contribution in [0.1, 0.15) is 37.6 Å². The Morgan fingerprint density at radius 1 is 1.35 bits per heavy atom. The van der Waals surface area contributed by atoms with Crippen LogP contribution in [0.4, 0.5) is 5.82 Å². The molecule has 3 rings (SSSR count). The molecule has 0 saturated carbocycles. The van der Waals surface area contributed by atoms with E-state index in [0.29, 0.717) is 22.3 Å². The topological polar surface area (TPSA) is 70.4 Å². The van der Waals surface area contributed by atoms with Crippen molar-refractivity contribution in [2.75, 3.05) is 11.9 Å². The van der Waals surface area contributed by atoms with Crippen LogP contribution < -0.4 is 10.6 Å². The number of aromatic nitrogens is 1. The molecule has 26 heavy (non-hydrogen) atoms. The van der Waals surface area contributed by atoms with Crippen molar-refractivity contribution in [3.05, 3.63) is 59.0 Å². The molecule has 2 N–H and O–H groups in total. The fourth-order valence-corrected chi connectivity index (χ4v) is 3.42. The molecular weight excluding hydrogens is 348 g/mol. The van der Waals surface area contributed by atoms with Gasteiger partial charge in [-0.25, -0.2) is 0 Å². The van der Waals surface area contributed by atoms with Gasteiger partial charge in [0.15, 0.2) is 10.9 Å². The van der Waals surface area contributed by atoms with Crippen molar-refractivity contribution in [2.45, 2.75) is 33.2 Å². The van der Waals surface area contributed by atoms with E-state index in [2.05, 4.69) is 22.7 Å². The van der Waals surface area contributed by atoms with Crippen LogP contribution in [-0.4, -0.2) is 27.6 Å². The van der Waals surface area contributed by atoms with Crippen LogP contribution in [0.15, 0.2) is 52.2 Å². The predicted molar refractivity (Wildman–Crippen MR) is 104 cm³/mol. The summed E-state index contributed by atoms with van der Waals surface area (Å²) in [5.41, 5.74) is 2.45. The lowest BCUT2D eigenvalue weighted by Gasteiger charge is -2.37. The number of benzene rings is 1.